The second-order valence-electron chi connectivity index (χ2n) is 7.70. The van der Waals surface area contributed by atoms with E-state index in [-0.39, 0.29) is 30.0 Å². The summed E-state index contributed by atoms with van der Waals surface area (Å²) in [6.45, 7) is 2.53. The highest BCUT2D eigenvalue weighted by Gasteiger charge is 2.61. The lowest BCUT2D eigenvalue weighted by atomic mass is 9.48. The summed E-state index contributed by atoms with van der Waals surface area (Å²) in [4.78, 5) is 14.9. The van der Waals surface area contributed by atoms with Crippen molar-refractivity contribution in [3.8, 4) is 0 Å². The highest BCUT2D eigenvalue weighted by molar-refractivity contribution is 5.74. The molecule has 3 fully saturated rings. The molecule has 130 valence electrons. The lowest BCUT2D eigenvalue weighted by Gasteiger charge is -2.64. The van der Waals surface area contributed by atoms with E-state index in [0.717, 1.165) is 25.7 Å². The molecule has 2 aliphatic carbocycles. The summed E-state index contributed by atoms with van der Waals surface area (Å²) in [5, 5.41) is 9.80. The third kappa shape index (κ3) is 2.09. The van der Waals surface area contributed by atoms with Crippen LogP contribution in [0.25, 0.3) is 0 Å². The van der Waals surface area contributed by atoms with Crippen molar-refractivity contribution >= 4 is 5.97 Å². The molecular formula is C20H27NO3. The topological polar surface area (TPSA) is 49.8 Å². The maximum absolute atomic E-state index is 12.5. The molecule has 0 spiro atoms. The number of aliphatic hydroxyl groups excluding tert-OH is 1. The molecule has 2 heterocycles. The van der Waals surface area contributed by atoms with Crippen molar-refractivity contribution in [1.82, 2.24) is 4.90 Å². The number of carbonyl (C=O) groups is 1. The summed E-state index contributed by atoms with van der Waals surface area (Å²) < 4.78 is 5.35. The molecule has 4 heteroatoms. The molecule has 2 aliphatic heterocycles. The van der Waals surface area contributed by atoms with Gasteiger partial charge in [0.1, 0.15) is 0 Å². The Bertz CT molecular complexity index is 646. The van der Waals surface area contributed by atoms with E-state index in [1.807, 2.05) is 6.92 Å². The first-order chi connectivity index (χ1) is 11.6. The van der Waals surface area contributed by atoms with E-state index in [0.29, 0.717) is 18.6 Å². The Labute approximate surface area is 143 Å². The second-order valence-corrected chi connectivity index (χ2v) is 7.70. The molecule has 4 aliphatic rings. The Morgan fingerprint density at radius 3 is 2.92 bits per heavy atom. The molecule has 0 radical (unpaired) electrons. The van der Waals surface area contributed by atoms with Gasteiger partial charge in [0.15, 0.2) is 0 Å². The van der Waals surface area contributed by atoms with Gasteiger partial charge in [0.2, 0.25) is 0 Å². The van der Waals surface area contributed by atoms with Crippen LogP contribution in [0.3, 0.4) is 0 Å². The number of hydrogen-bond donors (Lipinski definition) is 1. The van der Waals surface area contributed by atoms with Crippen molar-refractivity contribution in [3.05, 3.63) is 35.4 Å². The van der Waals surface area contributed by atoms with Crippen molar-refractivity contribution in [1.29, 1.82) is 0 Å². The fourth-order valence-corrected chi connectivity index (χ4v) is 5.94. The van der Waals surface area contributed by atoms with E-state index < -0.39 is 0 Å². The number of benzene rings is 1. The van der Waals surface area contributed by atoms with Crippen molar-refractivity contribution in [2.24, 2.45) is 11.8 Å². The average molecular weight is 329 g/mol. The minimum absolute atomic E-state index is 0.0201. The maximum Gasteiger partial charge on any atom is 0.310 e. The van der Waals surface area contributed by atoms with E-state index in [2.05, 4.69) is 36.2 Å². The first-order valence-corrected chi connectivity index (χ1v) is 9.20. The van der Waals surface area contributed by atoms with Gasteiger partial charge < -0.3 is 9.84 Å². The van der Waals surface area contributed by atoms with Crippen LogP contribution < -0.4 is 0 Å². The molecule has 2 saturated heterocycles. The number of hydrogen-bond acceptors (Lipinski definition) is 4. The van der Waals surface area contributed by atoms with Crippen molar-refractivity contribution in [3.63, 3.8) is 0 Å². The summed E-state index contributed by atoms with van der Waals surface area (Å²) in [7, 11) is 2.17. The van der Waals surface area contributed by atoms with Gasteiger partial charge in [0.25, 0.3) is 0 Å². The third-order valence-electron chi connectivity index (χ3n) is 6.90. The van der Waals surface area contributed by atoms with Crippen molar-refractivity contribution in [2.45, 2.75) is 50.1 Å². The van der Waals surface area contributed by atoms with Gasteiger partial charge >= 0.3 is 5.97 Å². The zero-order valence-electron chi connectivity index (χ0n) is 14.6. The number of aliphatic hydroxyl groups is 1. The molecule has 24 heavy (non-hydrogen) atoms. The summed E-state index contributed by atoms with van der Waals surface area (Å²) in [6, 6.07) is 9.42. The quantitative estimate of drug-likeness (QED) is 0.860. The van der Waals surface area contributed by atoms with Crippen molar-refractivity contribution in [2.75, 3.05) is 20.3 Å². The molecule has 1 aromatic rings. The van der Waals surface area contributed by atoms with Crippen LogP contribution in [0.1, 0.15) is 37.3 Å². The molecule has 4 nitrogen and oxygen atoms in total. The van der Waals surface area contributed by atoms with Crippen LogP contribution in [0.15, 0.2) is 24.3 Å². The van der Waals surface area contributed by atoms with Crippen LogP contribution in [0.4, 0.5) is 0 Å². The van der Waals surface area contributed by atoms with Crippen LogP contribution in [0, 0.1) is 11.8 Å². The van der Waals surface area contributed by atoms with E-state index in [9.17, 15) is 9.90 Å². The number of fused-ring (bicyclic) bond motifs is 2. The molecule has 0 amide bonds. The Morgan fingerprint density at radius 1 is 1.38 bits per heavy atom. The molecular weight excluding hydrogens is 302 g/mol. The number of rotatable bonds is 4. The van der Waals surface area contributed by atoms with Gasteiger partial charge in [-0.05, 0) is 56.7 Å². The smallest absolute Gasteiger partial charge is 0.310 e. The van der Waals surface area contributed by atoms with Gasteiger partial charge in [-0.25, -0.2) is 0 Å². The van der Waals surface area contributed by atoms with Crippen LogP contribution in [0.2, 0.25) is 0 Å². The zero-order valence-corrected chi connectivity index (χ0v) is 14.6. The highest BCUT2D eigenvalue weighted by Crippen LogP contribution is 2.59. The predicted molar refractivity (Wildman–Crippen MR) is 91.7 cm³/mol. The zero-order chi connectivity index (χ0) is 16.9. The van der Waals surface area contributed by atoms with E-state index in [1.54, 1.807) is 0 Å². The predicted octanol–water partition coefficient (Wildman–Crippen LogP) is 2.13. The number of carbonyl (C=O) groups excluding carboxylic acids is 1. The third-order valence-corrected chi connectivity index (χ3v) is 6.90. The highest BCUT2D eigenvalue weighted by atomic mass is 16.5. The molecule has 1 aromatic carbocycles. The Balaban J connectivity index is 1.77. The Kier molecular flexibility index (Phi) is 3.92. The molecule has 1 N–H and O–H groups in total. The Hall–Kier alpha value is -1.39. The summed E-state index contributed by atoms with van der Waals surface area (Å²) in [6.07, 6.45) is 3.69. The average Bonchev–Trinajstić information content (AvgIpc) is 2.59. The lowest BCUT2D eigenvalue weighted by molar-refractivity contribution is -0.165. The van der Waals surface area contributed by atoms with Gasteiger partial charge in [-0.1, -0.05) is 24.3 Å². The molecule has 5 unspecified atom stereocenters. The monoisotopic (exact) mass is 329 g/mol. The van der Waals surface area contributed by atoms with Gasteiger partial charge in [0, 0.05) is 24.1 Å². The molecule has 1 saturated carbocycles. The van der Waals surface area contributed by atoms with Crippen molar-refractivity contribution < 1.29 is 14.6 Å². The van der Waals surface area contributed by atoms with E-state index in [1.165, 1.54) is 11.1 Å². The van der Waals surface area contributed by atoms with Gasteiger partial charge in [0.05, 0.1) is 12.5 Å². The molecule has 5 atom stereocenters. The molecule has 5 rings (SSSR count). The first-order valence-electron chi connectivity index (χ1n) is 9.20. The lowest BCUT2D eigenvalue weighted by Crippen LogP contribution is -2.69. The standard InChI is InChI=1S/C20H27NO3/c1-3-24-19(23)14-11-16-17-10-13-6-4-5-7-15(13)20(16,8-9-22)12-18(14)21(17)2/h4-7,14,16-18,22H,3,8-12H2,1-2H3. The van der Waals surface area contributed by atoms with Gasteiger partial charge in [-0.2, -0.15) is 0 Å². The summed E-state index contributed by atoms with van der Waals surface area (Å²) in [5.74, 6) is 0.362. The maximum atomic E-state index is 12.5. The van der Waals surface area contributed by atoms with Crippen LogP contribution in [0.5, 0.6) is 0 Å². The van der Waals surface area contributed by atoms with Crippen LogP contribution >= 0.6 is 0 Å². The first kappa shape index (κ1) is 16.1. The normalized spacial score (nSPS) is 37.1. The largest absolute Gasteiger partial charge is 0.466 e. The number of esters is 1. The number of likely N-dealkylation sites (N-methyl/N-ethyl adjacent to an activating group) is 1. The Morgan fingerprint density at radius 2 is 2.17 bits per heavy atom. The summed E-state index contributed by atoms with van der Waals surface area (Å²) in [5.41, 5.74) is 2.86. The number of nitrogens with zero attached hydrogens (tertiary/aromatic N) is 1. The minimum atomic E-state index is -0.0377. The van der Waals surface area contributed by atoms with E-state index >= 15 is 0 Å². The van der Waals surface area contributed by atoms with E-state index in [4.69, 9.17) is 4.74 Å². The second kappa shape index (κ2) is 5.85. The molecule has 0 aromatic heterocycles. The number of ether oxygens (including phenoxy) is 1. The van der Waals surface area contributed by atoms with Crippen LogP contribution in [-0.4, -0.2) is 48.3 Å². The van der Waals surface area contributed by atoms with Crippen LogP contribution in [-0.2, 0) is 21.4 Å². The fraction of sp³-hybridized carbons (Fsp3) is 0.650. The molecule has 4 bridgehead atoms. The van der Waals surface area contributed by atoms with Gasteiger partial charge in [-0.3, -0.25) is 9.69 Å². The van der Waals surface area contributed by atoms with Gasteiger partial charge in [-0.15, -0.1) is 0 Å². The SMILES string of the molecule is CCOC(=O)C1CC2C3Cc4ccccc4C2(CCO)CC1N3C. The summed E-state index contributed by atoms with van der Waals surface area (Å²) >= 11 is 0. The fourth-order valence-electron chi connectivity index (χ4n) is 5.94. The number of piperidine rings is 2. The minimum Gasteiger partial charge on any atom is -0.466 e.